The van der Waals surface area contributed by atoms with E-state index in [9.17, 15) is 9.70 Å². The van der Waals surface area contributed by atoms with Crippen LogP contribution in [-0.4, -0.2) is 49.1 Å². The topological polar surface area (TPSA) is 88.2 Å². The number of nitroso groups, excluding NO2 is 1. The minimum absolute atomic E-state index is 0.200. The Kier molecular flexibility index (Phi) is 4.29. The third kappa shape index (κ3) is 2.77. The fraction of sp³-hybridized carbons (Fsp3) is 0.417. The van der Waals surface area contributed by atoms with Gasteiger partial charge in [0.05, 0.1) is 41.8 Å². The summed E-state index contributed by atoms with van der Waals surface area (Å²) in [4.78, 5) is 24.5. The number of benzene rings is 1. The highest BCUT2D eigenvalue weighted by atomic mass is 35.5. The van der Waals surface area contributed by atoms with Crippen molar-refractivity contribution in [3.05, 3.63) is 27.6 Å². The van der Waals surface area contributed by atoms with E-state index < -0.39 is 0 Å². The highest BCUT2D eigenvalue weighted by molar-refractivity contribution is 6.33. The highest BCUT2D eigenvalue weighted by Crippen LogP contribution is 2.29. The molecule has 1 aliphatic rings. The van der Waals surface area contributed by atoms with E-state index in [-0.39, 0.29) is 5.91 Å². The van der Waals surface area contributed by atoms with Gasteiger partial charge in [-0.2, -0.15) is 0 Å². The Morgan fingerprint density at radius 3 is 2.55 bits per heavy atom. The molecule has 2 rings (SSSR count). The lowest BCUT2D eigenvalue weighted by molar-refractivity contribution is 0.0635. The summed E-state index contributed by atoms with van der Waals surface area (Å²) in [6, 6.07) is 3.03. The summed E-state index contributed by atoms with van der Waals surface area (Å²) in [6.07, 6.45) is 0. The second-order valence-corrected chi connectivity index (χ2v) is 4.81. The molecule has 8 heteroatoms. The van der Waals surface area contributed by atoms with E-state index in [1.807, 2.05) is 0 Å². The number of anilines is 1. The molecule has 1 saturated heterocycles. The van der Waals surface area contributed by atoms with Gasteiger partial charge < -0.3 is 15.4 Å². The molecular weight excluding hydrogens is 284 g/mol. The second-order valence-electron chi connectivity index (χ2n) is 4.40. The average Bonchev–Trinajstić information content (AvgIpc) is 2.49. The molecule has 108 valence electrons. The number of nitrogens with zero attached hydrogens (tertiary/aromatic N) is 3. The number of carbonyl (C=O) groups is 1. The SMILES string of the molecule is COc1cc(N)c(Cl)cc1C(=O)N1CCN(N=O)CC1. The van der Waals surface area contributed by atoms with Crippen LogP contribution in [0.5, 0.6) is 5.75 Å². The Balaban J connectivity index is 2.21. The van der Waals surface area contributed by atoms with Gasteiger partial charge in [0.25, 0.3) is 5.91 Å². The van der Waals surface area contributed by atoms with Gasteiger partial charge in [0, 0.05) is 19.2 Å². The molecule has 0 unspecified atom stereocenters. The molecule has 0 aliphatic carbocycles. The monoisotopic (exact) mass is 298 g/mol. The smallest absolute Gasteiger partial charge is 0.257 e. The van der Waals surface area contributed by atoms with Gasteiger partial charge >= 0.3 is 0 Å². The number of hydrogen-bond donors (Lipinski definition) is 1. The zero-order chi connectivity index (χ0) is 14.7. The number of nitrogens with two attached hydrogens (primary N) is 1. The van der Waals surface area contributed by atoms with E-state index >= 15 is 0 Å². The summed E-state index contributed by atoms with van der Waals surface area (Å²) in [5, 5.41) is 4.55. The van der Waals surface area contributed by atoms with Crippen LogP contribution in [0.2, 0.25) is 5.02 Å². The predicted molar refractivity (Wildman–Crippen MR) is 75.7 cm³/mol. The van der Waals surface area contributed by atoms with Gasteiger partial charge in [0.1, 0.15) is 5.75 Å². The Bertz CT molecular complexity index is 530. The van der Waals surface area contributed by atoms with E-state index in [4.69, 9.17) is 22.1 Å². The molecule has 0 aromatic heterocycles. The minimum atomic E-state index is -0.200. The Morgan fingerprint density at radius 2 is 2.00 bits per heavy atom. The molecule has 1 amide bonds. The maximum Gasteiger partial charge on any atom is 0.257 e. The molecule has 0 saturated carbocycles. The average molecular weight is 299 g/mol. The largest absolute Gasteiger partial charge is 0.496 e. The van der Waals surface area contributed by atoms with E-state index in [0.29, 0.717) is 48.2 Å². The van der Waals surface area contributed by atoms with Crippen molar-refractivity contribution in [2.24, 2.45) is 5.29 Å². The summed E-state index contributed by atoms with van der Waals surface area (Å²) in [7, 11) is 1.47. The fourth-order valence-corrected chi connectivity index (χ4v) is 2.22. The van der Waals surface area contributed by atoms with Crippen LogP contribution >= 0.6 is 11.6 Å². The van der Waals surface area contributed by atoms with Crippen LogP contribution in [0.1, 0.15) is 10.4 Å². The first-order valence-electron chi connectivity index (χ1n) is 6.07. The van der Waals surface area contributed by atoms with Crippen LogP contribution in [0.25, 0.3) is 0 Å². The number of nitrogen functional groups attached to an aromatic ring is 1. The van der Waals surface area contributed by atoms with Gasteiger partial charge in [0.15, 0.2) is 0 Å². The molecule has 0 atom stereocenters. The van der Waals surface area contributed by atoms with Crippen molar-refractivity contribution in [1.82, 2.24) is 9.91 Å². The Labute approximate surface area is 121 Å². The maximum absolute atomic E-state index is 12.5. The van der Waals surface area contributed by atoms with Crippen molar-refractivity contribution in [1.29, 1.82) is 0 Å². The van der Waals surface area contributed by atoms with Gasteiger partial charge in [-0.05, 0) is 6.07 Å². The number of amides is 1. The quantitative estimate of drug-likeness (QED) is 0.672. The molecular formula is C12H15ClN4O3. The molecule has 0 spiro atoms. The van der Waals surface area contributed by atoms with Crippen LogP contribution in [-0.2, 0) is 0 Å². The van der Waals surface area contributed by atoms with Crippen molar-refractivity contribution < 1.29 is 9.53 Å². The molecule has 1 aliphatic heterocycles. The van der Waals surface area contributed by atoms with Gasteiger partial charge in [-0.1, -0.05) is 11.6 Å². The molecule has 2 N–H and O–H groups in total. The summed E-state index contributed by atoms with van der Waals surface area (Å²) < 4.78 is 5.17. The van der Waals surface area contributed by atoms with E-state index in [1.54, 1.807) is 4.90 Å². The van der Waals surface area contributed by atoms with Crippen molar-refractivity contribution in [2.75, 3.05) is 39.0 Å². The maximum atomic E-state index is 12.5. The molecule has 1 heterocycles. The van der Waals surface area contributed by atoms with E-state index in [0.717, 1.165) is 0 Å². The van der Waals surface area contributed by atoms with Crippen molar-refractivity contribution in [3.63, 3.8) is 0 Å². The first kappa shape index (κ1) is 14.4. The standard InChI is InChI=1S/C12H15ClN4O3/c1-20-11-7-10(14)9(13)6-8(11)12(18)16-2-4-17(15-19)5-3-16/h6-7H,2-5,14H2,1H3. The number of halogens is 1. The lowest BCUT2D eigenvalue weighted by atomic mass is 10.1. The van der Waals surface area contributed by atoms with Crippen LogP contribution in [0.3, 0.4) is 0 Å². The summed E-state index contributed by atoms with van der Waals surface area (Å²) in [5.74, 6) is 0.183. The van der Waals surface area contributed by atoms with Crippen molar-refractivity contribution in [2.45, 2.75) is 0 Å². The number of carbonyl (C=O) groups excluding carboxylic acids is 1. The highest BCUT2D eigenvalue weighted by Gasteiger charge is 2.25. The summed E-state index contributed by atoms with van der Waals surface area (Å²) in [6.45, 7) is 1.69. The van der Waals surface area contributed by atoms with Crippen LogP contribution in [0.15, 0.2) is 17.4 Å². The molecule has 20 heavy (non-hydrogen) atoms. The molecule has 0 radical (unpaired) electrons. The third-order valence-corrected chi connectivity index (χ3v) is 3.54. The summed E-state index contributed by atoms with van der Waals surface area (Å²) >= 11 is 5.96. The van der Waals surface area contributed by atoms with Gasteiger partial charge in [-0.25, -0.2) is 0 Å². The number of piperazine rings is 1. The predicted octanol–water partition coefficient (Wildman–Crippen LogP) is 1.37. The van der Waals surface area contributed by atoms with Crippen LogP contribution in [0.4, 0.5) is 5.69 Å². The Morgan fingerprint density at radius 1 is 1.35 bits per heavy atom. The van der Waals surface area contributed by atoms with Gasteiger partial charge in [-0.15, -0.1) is 4.91 Å². The molecule has 1 fully saturated rings. The fourth-order valence-electron chi connectivity index (χ4n) is 2.06. The number of methoxy groups -OCH3 is 1. The summed E-state index contributed by atoms with van der Waals surface area (Å²) in [5.41, 5.74) is 6.41. The van der Waals surface area contributed by atoms with E-state index in [2.05, 4.69) is 5.29 Å². The van der Waals surface area contributed by atoms with E-state index in [1.165, 1.54) is 24.3 Å². The second kappa shape index (κ2) is 5.96. The van der Waals surface area contributed by atoms with Crippen molar-refractivity contribution in [3.8, 4) is 5.75 Å². The first-order chi connectivity index (χ1) is 9.56. The normalized spacial score (nSPS) is 15.1. The van der Waals surface area contributed by atoms with Gasteiger partial charge in [-0.3, -0.25) is 9.80 Å². The zero-order valence-corrected chi connectivity index (χ0v) is 11.8. The lowest BCUT2D eigenvalue weighted by Gasteiger charge is -2.31. The molecule has 7 nitrogen and oxygen atoms in total. The van der Waals surface area contributed by atoms with Gasteiger partial charge in [0.2, 0.25) is 0 Å². The zero-order valence-electron chi connectivity index (χ0n) is 11.0. The Hall–Kier alpha value is -2.02. The van der Waals surface area contributed by atoms with Crippen LogP contribution in [0, 0.1) is 4.91 Å². The van der Waals surface area contributed by atoms with Crippen molar-refractivity contribution >= 4 is 23.2 Å². The molecule has 1 aromatic carbocycles. The third-order valence-electron chi connectivity index (χ3n) is 3.21. The minimum Gasteiger partial charge on any atom is -0.496 e. The number of rotatable bonds is 3. The molecule has 0 bridgehead atoms. The van der Waals surface area contributed by atoms with Crippen LogP contribution < -0.4 is 10.5 Å². The lowest BCUT2D eigenvalue weighted by Crippen LogP contribution is -2.46. The first-order valence-corrected chi connectivity index (χ1v) is 6.45. The molecule has 1 aromatic rings. The number of hydrogen-bond acceptors (Lipinski definition) is 5. The number of ether oxygens (including phenoxy) is 1.